The summed E-state index contributed by atoms with van der Waals surface area (Å²) in [4.78, 5) is 0. The molecule has 0 unspecified atom stereocenters. The molecule has 4 rings (SSSR count). The molecule has 0 aromatic heterocycles. The molecule has 22 heavy (non-hydrogen) atoms. The van der Waals surface area contributed by atoms with Crippen LogP contribution in [0.1, 0.15) is 31.2 Å². The Kier molecular flexibility index (Phi) is 3.63. The van der Waals surface area contributed by atoms with E-state index in [9.17, 15) is 0 Å². The van der Waals surface area contributed by atoms with Gasteiger partial charge in [-0.25, -0.2) is 0 Å². The van der Waals surface area contributed by atoms with Crippen LogP contribution in [0.25, 0.3) is 0 Å². The van der Waals surface area contributed by atoms with Gasteiger partial charge in [-0.15, -0.1) is 0 Å². The van der Waals surface area contributed by atoms with Crippen LogP contribution in [-0.4, -0.2) is 39.2 Å². The summed E-state index contributed by atoms with van der Waals surface area (Å²) in [6, 6.07) is 8.61. The van der Waals surface area contributed by atoms with Crippen molar-refractivity contribution in [1.82, 2.24) is 5.32 Å². The van der Waals surface area contributed by atoms with Gasteiger partial charge in [-0.1, -0.05) is 12.1 Å². The molecule has 1 saturated carbocycles. The van der Waals surface area contributed by atoms with Crippen LogP contribution in [0.2, 0.25) is 0 Å². The molecule has 0 radical (unpaired) electrons. The minimum Gasteiger partial charge on any atom is -0.497 e. The van der Waals surface area contributed by atoms with Gasteiger partial charge < -0.3 is 19.5 Å². The molecular weight excluding hydrogens is 278 g/mol. The maximum Gasteiger partial charge on any atom is 0.169 e. The van der Waals surface area contributed by atoms with E-state index < -0.39 is 0 Å². The molecule has 1 aliphatic carbocycles. The van der Waals surface area contributed by atoms with Gasteiger partial charge in [0.15, 0.2) is 5.79 Å². The lowest BCUT2D eigenvalue weighted by Crippen LogP contribution is -2.56. The molecule has 1 aromatic carbocycles. The summed E-state index contributed by atoms with van der Waals surface area (Å²) < 4.78 is 17.6. The highest BCUT2D eigenvalue weighted by molar-refractivity contribution is 5.36. The second-order valence-electron chi connectivity index (χ2n) is 6.86. The summed E-state index contributed by atoms with van der Waals surface area (Å²) in [7, 11) is 1.74. The second kappa shape index (κ2) is 5.52. The average Bonchev–Trinajstić information content (AvgIpc) is 3.02. The molecule has 2 atom stereocenters. The number of piperidine rings is 1. The quantitative estimate of drug-likeness (QED) is 0.911. The molecular formula is C18H25NO3. The molecule has 4 heteroatoms. The van der Waals surface area contributed by atoms with Crippen molar-refractivity contribution in [2.24, 2.45) is 5.92 Å². The molecule has 120 valence electrons. The Morgan fingerprint density at radius 3 is 2.91 bits per heavy atom. The lowest BCUT2D eigenvalue weighted by molar-refractivity contribution is -0.203. The van der Waals surface area contributed by atoms with Gasteiger partial charge in [0.1, 0.15) is 5.75 Å². The molecule has 2 aliphatic heterocycles. The molecule has 2 saturated heterocycles. The van der Waals surface area contributed by atoms with Crippen molar-refractivity contribution >= 4 is 0 Å². The number of benzene rings is 1. The molecule has 0 amide bonds. The third-order valence-electron chi connectivity index (χ3n) is 5.84. The van der Waals surface area contributed by atoms with E-state index >= 15 is 0 Å². The maximum atomic E-state index is 6.06. The van der Waals surface area contributed by atoms with Crippen molar-refractivity contribution in [1.29, 1.82) is 0 Å². The van der Waals surface area contributed by atoms with Crippen molar-refractivity contribution < 1.29 is 14.2 Å². The fourth-order valence-electron chi connectivity index (χ4n) is 4.72. The highest BCUT2D eigenvalue weighted by atomic mass is 16.7. The Morgan fingerprint density at radius 1 is 1.23 bits per heavy atom. The second-order valence-corrected chi connectivity index (χ2v) is 6.86. The van der Waals surface area contributed by atoms with Crippen LogP contribution < -0.4 is 10.1 Å². The van der Waals surface area contributed by atoms with Gasteiger partial charge in [0.2, 0.25) is 0 Å². The van der Waals surface area contributed by atoms with Crippen LogP contribution in [-0.2, 0) is 14.9 Å². The predicted octanol–water partition coefficient (Wildman–Crippen LogP) is 2.47. The number of hydrogen-bond donors (Lipinski definition) is 1. The smallest absolute Gasteiger partial charge is 0.169 e. The average molecular weight is 303 g/mol. The van der Waals surface area contributed by atoms with Crippen LogP contribution in [0, 0.1) is 5.92 Å². The van der Waals surface area contributed by atoms with Crippen molar-refractivity contribution in [3.05, 3.63) is 29.8 Å². The van der Waals surface area contributed by atoms with Gasteiger partial charge in [-0.2, -0.15) is 0 Å². The fourth-order valence-corrected chi connectivity index (χ4v) is 4.72. The number of ether oxygens (including phenoxy) is 3. The van der Waals surface area contributed by atoms with Gasteiger partial charge >= 0.3 is 0 Å². The summed E-state index contributed by atoms with van der Waals surface area (Å²) in [5.41, 5.74) is 1.53. The first-order valence-electron chi connectivity index (χ1n) is 8.40. The van der Waals surface area contributed by atoms with Crippen LogP contribution >= 0.6 is 0 Å². The van der Waals surface area contributed by atoms with E-state index in [1.54, 1.807) is 7.11 Å². The van der Waals surface area contributed by atoms with E-state index in [4.69, 9.17) is 14.2 Å². The predicted molar refractivity (Wildman–Crippen MR) is 84.1 cm³/mol. The summed E-state index contributed by atoms with van der Waals surface area (Å²) in [5, 5.41) is 3.57. The lowest BCUT2D eigenvalue weighted by atomic mass is 9.58. The third-order valence-corrected chi connectivity index (χ3v) is 5.84. The minimum absolute atomic E-state index is 0.141. The number of nitrogens with one attached hydrogen (secondary N) is 1. The molecule has 3 fully saturated rings. The van der Waals surface area contributed by atoms with Crippen LogP contribution in [0.4, 0.5) is 0 Å². The van der Waals surface area contributed by atoms with Crippen LogP contribution in [0.3, 0.4) is 0 Å². The first-order chi connectivity index (χ1) is 10.8. The van der Waals surface area contributed by atoms with Crippen molar-refractivity contribution in [3.8, 4) is 5.75 Å². The van der Waals surface area contributed by atoms with Crippen LogP contribution in [0.5, 0.6) is 5.75 Å². The normalized spacial score (nSPS) is 33.6. The zero-order valence-electron chi connectivity index (χ0n) is 13.3. The molecule has 2 heterocycles. The zero-order valence-corrected chi connectivity index (χ0v) is 13.3. The number of fused-ring (bicyclic) bond motifs is 1. The van der Waals surface area contributed by atoms with Crippen molar-refractivity contribution in [2.45, 2.75) is 36.9 Å². The monoisotopic (exact) mass is 303 g/mol. The van der Waals surface area contributed by atoms with Gasteiger partial charge in [0.05, 0.1) is 20.3 Å². The highest BCUT2D eigenvalue weighted by Crippen LogP contribution is 2.53. The third kappa shape index (κ3) is 2.25. The summed E-state index contributed by atoms with van der Waals surface area (Å²) in [6.07, 6.45) is 4.29. The largest absolute Gasteiger partial charge is 0.497 e. The first kappa shape index (κ1) is 14.5. The Morgan fingerprint density at radius 2 is 2.09 bits per heavy atom. The van der Waals surface area contributed by atoms with E-state index in [1.165, 1.54) is 5.56 Å². The summed E-state index contributed by atoms with van der Waals surface area (Å²) in [5.74, 6) is 1.24. The Bertz CT molecular complexity index is 541. The molecule has 0 bridgehead atoms. The SMILES string of the molecule is COc1cccc([C@]23CCNC[C@H]2CCC2(C3)OCCO2)c1. The highest BCUT2D eigenvalue weighted by Gasteiger charge is 2.54. The Labute approximate surface area is 132 Å². The van der Waals surface area contributed by atoms with Crippen molar-refractivity contribution in [3.63, 3.8) is 0 Å². The fraction of sp³-hybridized carbons (Fsp3) is 0.667. The van der Waals surface area contributed by atoms with Crippen molar-refractivity contribution in [2.75, 3.05) is 33.4 Å². The Hall–Kier alpha value is -1.10. The maximum absolute atomic E-state index is 6.06. The molecule has 3 aliphatic rings. The van der Waals surface area contributed by atoms with Gasteiger partial charge in [-0.3, -0.25) is 0 Å². The molecule has 4 nitrogen and oxygen atoms in total. The van der Waals surface area contributed by atoms with E-state index in [0.29, 0.717) is 5.92 Å². The van der Waals surface area contributed by atoms with Gasteiger partial charge in [-0.05, 0) is 49.5 Å². The lowest BCUT2D eigenvalue weighted by Gasteiger charge is -2.53. The van der Waals surface area contributed by atoms with Crippen LogP contribution in [0.15, 0.2) is 24.3 Å². The minimum atomic E-state index is -0.350. The van der Waals surface area contributed by atoms with E-state index in [1.807, 2.05) is 6.07 Å². The zero-order chi connectivity index (χ0) is 15.0. The number of rotatable bonds is 2. The molecule has 1 spiro atoms. The van der Waals surface area contributed by atoms with Gasteiger partial charge in [0.25, 0.3) is 0 Å². The summed E-state index contributed by atoms with van der Waals surface area (Å²) >= 11 is 0. The standard InChI is InChI=1S/C18H25NO3/c1-20-16-4-2-3-14(11-16)17-7-8-19-12-15(17)5-6-18(13-17)21-9-10-22-18/h2-4,11,15,19H,5-10,12-13H2,1H3/t15-,17-/m1/s1. The molecule has 1 N–H and O–H groups in total. The van der Waals surface area contributed by atoms with E-state index in [2.05, 4.69) is 23.5 Å². The number of methoxy groups -OCH3 is 1. The first-order valence-corrected chi connectivity index (χ1v) is 8.40. The number of hydrogen-bond acceptors (Lipinski definition) is 4. The topological polar surface area (TPSA) is 39.7 Å². The van der Waals surface area contributed by atoms with E-state index in [0.717, 1.165) is 57.7 Å². The van der Waals surface area contributed by atoms with Gasteiger partial charge in [0, 0.05) is 18.3 Å². The van der Waals surface area contributed by atoms with E-state index in [-0.39, 0.29) is 11.2 Å². The molecule has 1 aromatic rings. The Balaban J connectivity index is 1.74. The summed E-state index contributed by atoms with van der Waals surface area (Å²) in [6.45, 7) is 3.62.